The maximum Gasteiger partial charge on any atom is 0.222 e. The van der Waals surface area contributed by atoms with E-state index in [1.807, 2.05) is 0 Å². The molecule has 3 heterocycles. The molecule has 0 aromatic rings. The summed E-state index contributed by atoms with van der Waals surface area (Å²) in [7, 11) is 0. The third kappa shape index (κ3) is 5.23. The topological polar surface area (TPSA) is 35.6 Å². The van der Waals surface area contributed by atoms with Crippen LogP contribution in [0.4, 0.5) is 0 Å². The molecular weight excluding hydrogens is 345 g/mol. The first-order valence-electron chi connectivity index (χ1n) is 9.31. The zero-order valence-corrected chi connectivity index (χ0v) is 16.9. The molecule has 1 unspecified atom stereocenters. The lowest BCUT2D eigenvalue weighted by atomic mass is 9.71. The summed E-state index contributed by atoms with van der Waals surface area (Å²) in [5.74, 6) is 1.04. The van der Waals surface area contributed by atoms with Crippen molar-refractivity contribution in [2.75, 3.05) is 39.3 Å². The summed E-state index contributed by atoms with van der Waals surface area (Å²) in [6, 6.07) is 0.356. The van der Waals surface area contributed by atoms with Gasteiger partial charge in [-0.2, -0.15) is 0 Å². The predicted molar refractivity (Wildman–Crippen MR) is 104 cm³/mol. The van der Waals surface area contributed by atoms with Crippen molar-refractivity contribution < 1.29 is 4.79 Å². The minimum Gasteiger partial charge on any atom is -0.340 e. The SMILES string of the molecule is CC(C)N1CC(CN2CCC3(CCNCC3)CC2)CCC1=O.Cl.Cl. The van der Waals surface area contributed by atoms with Gasteiger partial charge in [0.05, 0.1) is 0 Å². The Kier molecular flexibility index (Phi) is 8.81. The van der Waals surface area contributed by atoms with Crippen molar-refractivity contribution in [3.8, 4) is 0 Å². The van der Waals surface area contributed by atoms with Gasteiger partial charge in [0.15, 0.2) is 0 Å². The monoisotopic (exact) mass is 379 g/mol. The van der Waals surface area contributed by atoms with Crippen LogP contribution < -0.4 is 5.32 Å². The van der Waals surface area contributed by atoms with Crippen LogP contribution in [0, 0.1) is 11.3 Å². The molecule has 142 valence electrons. The Morgan fingerprint density at radius 2 is 1.75 bits per heavy atom. The number of carbonyl (C=O) groups excluding carboxylic acids is 1. The Labute approximate surface area is 159 Å². The molecule has 0 bridgehead atoms. The third-order valence-electron chi connectivity index (χ3n) is 6.26. The van der Waals surface area contributed by atoms with Crippen molar-refractivity contribution in [2.45, 2.75) is 58.4 Å². The first kappa shape index (κ1) is 22.0. The van der Waals surface area contributed by atoms with Gasteiger partial charge in [-0.15, -0.1) is 24.8 Å². The summed E-state index contributed by atoms with van der Waals surface area (Å²) in [5.41, 5.74) is 0.647. The Morgan fingerprint density at radius 3 is 2.33 bits per heavy atom. The molecule has 3 saturated heterocycles. The summed E-state index contributed by atoms with van der Waals surface area (Å²) < 4.78 is 0. The number of amides is 1. The first-order valence-corrected chi connectivity index (χ1v) is 9.31. The molecule has 0 radical (unpaired) electrons. The number of nitrogens with one attached hydrogen (secondary N) is 1. The van der Waals surface area contributed by atoms with E-state index in [0.29, 0.717) is 23.3 Å². The Morgan fingerprint density at radius 1 is 1.12 bits per heavy atom. The maximum atomic E-state index is 12.0. The Balaban J connectivity index is 0.00000144. The molecule has 1 N–H and O–H groups in total. The minimum atomic E-state index is 0. The van der Waals surface area contributed by atoms with Crippen molar-refractivity contribution in [3.05, 3.63) is 0 Å². The van der Waals surface area contributed by atoms with Crippen molar-refractivity contribution in [1.82, 2.24) is 15.1 Å². The van der Waals surface area contributed by atoms with E-state index < -0.39 is 0 Å². The second kappa shape index (κ2) is 9.61. The van der Waals surface area contributed by atoms with Gasteiger partial charge in [-0.3, -0.25) is 4.79 Å². The van der Waals surface area contributed by atoms with E-state index in [-0.39, 0.29) is 24.8 Å². The minimum absolute atomic E-state index is 0. The molecule has 0 aromatic carbocycles. The van der Waals surface area contributed by atoms with Crippen molar-refractivity contribution in [1.29, 1.82) is 0 Å². The number of likely N-dealkylation sites (tertiary alicyclic amines) is 2. The molecular formula is C18H35Cl2N3O. The van der Waals surface area contributed by atoms with Gasteiger partial charge in [0.25, 0.3) is 0 Å². The van der Waals surface area contributed by atoms with Crippen molar-refractivity contribution >= 4 is 30.7 Å². The molecule has 0 aliphatic carbocycles. The van der Waals surface area contributed by atoms with E-state index in [1.54, 1.807) is 0 Å². The largest absolute Gasteiger partial charge is 0.340 e. The number of hydrogen-bond donors (Lipinski definition) is 1. The Hall–Kier alpha value is -0.0300. The molecule has 24 heavy (non-hydrogen) atoms. The number of hydrogen-bond acceptors (Lipinski definition) is 3. The van der Waals surface area contributed by atoms with Crippen LogP contribution in [0.1, 0.15) is 52.4 Å². The number of halogens is 2. The molecule has 1 amide bonds. The highest BCUT2D eigenvalue weighted by Crippen LogP contribution is 2.39. The van der Waals surface area contributed by atoms with Crippen LogP contribution in [-0.4, -0.2) is 61.0 Å². The standard InChI is InChI=1S/C18H33N3O.2ClH/c1-15(2)21-14-16(3-4-17(21)22)13-20-11-7-18(8-12-20)5-9-19-10-6-18;;/h15-16,19H,3-14H2,1-2H3;2*1H. The van der Waals surface area contributed by atoms with Gasteiger partial charge in [0.1, 0.15) is 0 Å². The molecule has 0 aromatic heterocycles. The molecule has 3 aliphatic rings. The smallest absolute Gasteiger partial charge is 0.222 e. The summed E-state index contributed by atoms with van der Waals surface area (Å²) >= 11 is 0. The second-order valence-corrected chi connectivity index (χ2v) is 8.10. The average molecular weight is 380 g/mol. The van der Waals surface area contributed by atoms with E-state index in [2.05, 4.69) is 29.0 Å². The van der Waals surface area contributed by atoms with E-state index in [0.717, 1.165) is 19.4 Å². The van der Waals surface area contributed by atoms with Crippen molar-refractivity contribution in [3.63, 3.8) is 0 Å². The summed E-state index contributed by atoms with van der Waals surface area (Å²) in [5, 5.41) is 3.50. The number of carbonyl (C=O) groups is 1. The van der Waals surface area contributed by atoms with Crippen molar-refractivity contribution in [2.24, 2.45) is 11.3 Å². The summed E-state index contributed by atoms with van der Waals surface area (Å²) in [6.07, 6.45) is 7.36. The van der Waals surface area contributed by atoms with E-state index in [1.165, 1.54) is 58.4 Å². The van der Waals surface area contributed by atoms with Gasteiger partial charge in [-0.25, -0.2) is 0 Å². The molecule has 3 fully saturated rings. The molecule has 0 saturated carbocycles. The highest BCUT2D eigenvalue weighted by atomic mass is 35.5. The zero-order valence-electron chi connectivity index (χ0n) is 15.3. The van der Waals surface area contributed by atoms with Gasteiger partial charge in [-0.05, 0) is 83.5 Å². The zero-order chi connectivity index (χ0) is 15.6. The first-order chi connectivity index (χ1) is 10.6. The second-order valence-electron chi connectivity index (χ2n) is 8.10. The summed E-state index contributed by atoms with van der Waals surface area (Å²) in [4.78, 5) is 16.7. The van der Waals surface area contributed by atoms with Gasteiger partial charge in [0.2, 0.25) is 5.91 Å². The molecule has 4 nitrogen and oxygen atoms in total. The average Bonchev–Trinajstić information content (AvgIpc) is 2.52. The predicted octanol–water partition coefficient (Wildman–Crippen LogP) is 2.94. The van der Waals surface area contributed by atoms with Crippen LogP contribution in [0.5, 0.6) is 0 Å². The van der Waals surface area contributed by atoms with Crippen LogP contribution in [-0.2, 0) is 4.79 Å². The van der Waals surface area contributed by atoms with Gasteiger partial charge < -0.3 is 15.1 Å². The number of rotatable bonds is 3. The fourth-order valence-electron chi connectivity index (χ4n) is 4.62. The third-order valence-corrected chi connectivity index (χ3v) is 6.26. The van der Waals surface area contributed by atoms with Gasteiger partial charge in [0, 0.05) is 25.6 Å². The van der Waals surface area contributed by atoms with Crippen LogP contribution in [0.2, 0.25) is 0 Å². The maximum absolute atomic E-state index is 12.0. The summed E-state index contributed by atoms with van der Waals surface area (Å²) in [6.45, 7) is 11.4. The Bertz CT molecular complexity index is 390. The molecule has 3 rings (SSSR count). The number of piperidine rings is 3. The van der Waals surface area contributed by atoms with E-state index in [9.17, 15) is 4.79 Å². The van der Waals surface area contributed by atoms with Crippen LogP contribution in [0.25, 0.3) is 0 Å². The van der Waals surface area contributed by atoms with Crippen LogP contribution >= 0.6 is 24.8 Å². The van der Waals surface area contributed by atoms with Gasteiger partial charge in [-0.1, -0.05) is 0 Å². The molecule has 3 aliphatic heterocycles. The fourth-order valence-corrected chi connectivity index (χ4v) is 4.62. The highest BCUT2D eigenvalue weighted by molar-refractivity contribution is 5.85. The molecule has 6 heteroatoms. The lowest BCUT2D eigenvalue weighted by molar-refractivity contribution is -0.137. The lowest BCUT2D eigenvalue weighted by Crippen LogP contribution is -2.50. The van der Waals surface area contributed by atoms with Crippen LogP contribution in [0.3, 0.4) is 0 Å². The molecule has 1 spiro atoms. The normalized spacial score (nSPS) is 27.7. The lowest BCUT2D eigenvalue weighted by Gasteiger charge is -2.46. The number of nitrogens with zero attached hydrogens (tertiary/aromatic N) is 2. The highest BCUT2D eigenvalue weighted by Gasteiger charge is 2.36. The van der Waals surface area contributed by atoms with Gasteiger partial charge >= 0.3 is 0 Å². The quantitative estimate of drug-likeness (QED) is 0.818. The van der Waals surface area contributed by atoms with E-state index >= 15 is 0 Å². The molecule has 1 atom stereocenters. The van der Waals surface area contributed by atoms with E-state index in [4.69, 9.17) is 0 Å². The van der Waals surface area contributed by atoms with Crippen LogP contribution in [0.15, 0.2) is 0 Å². The fraction of sp³-hybridized carbons (Fsp3) is 0.944.